The standard InChI is InChI=1S/C25H23NO2/c27-24(21-11-5-2-6-12-21)22-13-7-8-14-23(22)25(28)26-17-15-20(16-18-26)19-9-3-1-4-10-19/h1-14,20H,15-18H2. The molecular weight excluding hydrogens is 346 g/mol. The number of likely N-dealkylation sites (tertiary alicyclic amines) is 1. The highest BCUT2D eigenvalue weighted by atomic mass is 16.2. The zero-order chi connectivity index (χ0) is 19.3. The van der Waals surface area contributed by atoms with Gasteiger partial charge in [-0.1, -0.05) is 78.9 Å². The monoisotopic (exact) mass is 369 g/mol. The van der Waals surface area contributed by atoms with Gasteiger partial charge in [-0.2, -0.15) is 0 Å². The number of carbonyl (C=O) groups is 2. The average Bonchev–Trinajstić information content (AvgIpc) is 2.79. The van der Waals surface area contributed by atoms with Crippen LogP contribution in [-0.2, 0) is 0 Å². The molecule has 3 heteroatoms. The van der Waals surface area contributed by atoms with Crippen molar-refractivity contribution in [1.29, 1.82) is 0 Å². The zero-order valence-corrected chi connectivity index (χ0v) is 15.8. The van der Waals surface area contributed by atoms with Crippen molar-refractivity contribution in [2.75, 3.05) is 13.1 Å². The van der Waals surface area contributed by atoms with Crippen molar-refractivity contribution in [2.45, 2.75) is 18.8 Å². The molecule has 3 aromatic rings. The van der Waals surface area contributed by atoms with Crippen molar-refractivity contribution in [3.63, 3.8) is 0 Å². The van der Waals surface area contributed by atoms with E-state index in [4.69, 9.17) is 0 Å². The third kappa shape index (κ3) is 3.74. The first-order chi connectivity index (χ1) is 13.7. The largest absolute Gasteiger partial charge is 0.339 e. The quantitative estimate of drug-likeness (QED) is 0.611. The number of benzene rings is 3. The van der Waals surface area contributed by atoms with Gasteiger partial charge in [0.2, 0.25) is 0 Å². The maximum Gasteiger partial charge on any atom is 0.254 e. The van der Waals surface area contributed by atoms with E-state index in [1.807, 2.05) is 41.3 Å². The van der Waals surface area contributed by atoms with E-state index in [-0.39, 0.29) is 11.7 Å². The van der Waals surface area contributed by atoms with Crippen LogP contribution in [0.2, 0.25) is 0 Å². The molecule has 1 aliphatic heterocycles. The number of hydrogen-bond donors (Lipinski definition) is 0. The second-order valence-electron chi connectivity index (χ2n) is 7.22. The molecule has 3 aromatic carbocycles. The molecule has 3 nitrogen and oxygen atoms in total. The van der Waals surface area contributed by atoms with Gasteiger partial charge in [0.25, 0.3) is 5.91 Å². The Morgan fingerprint density at radius 2 is 1.21 bits per heavy atom. The van der Waals surface area contributed by atoms with E-state index in [1.54, 1.807) is 24.3 Å². The van der Waals surface area contributed by atoms with Gasteiger partial charge in [0, 0.05) is 24.2 Å². The second kappa shape index (κ2) is 8.22. The minimum absolute atomic E-state index is 0.0496. The van der Waals surface area contributed by atoms with Crippen molar-refractivity contribution in [2.24, 2.45) is 0 Å². The Kier molecular flexibility index (Phi) is 5.34. The third-order valence-corrected chi connectivity index (χ3v) is 5.49. The Hall–Kier alpha value is -3.20. The van der Waals surface area contributed by atoms with Crippen LogP contribution in [0.25, 0.3) is 0 Å². The van der Waals surface area contributed by atoms with E-state index in [0.29, 0.717) is 35.7 Å². The van der Waals surface area contributed by atoms with Gasteiger partial charge < -0.3 is 4.90 Å². The van der Waals surface area contributed by atoms with E-state index in [0.717, 1.165) is 12.8 Å². The summed E-state index contributed by atoms with van der Waals surface area (Å²) in [6.45, 7) is 1.43. The molecule has 1 fully saturated rings. The first kappa shape index (κ1) is 18.2. The van der Waals surface area contributed by atoms with Crippen LogP contribution in [0.4, 0.5) is 0 Å². The lowest BCUT2D eigenvalue weighted by atomic mass is 9.89. The molecule has 0 aromatic heterocycles. The smallest absolute Gasteiger partial charge is 0.254 e. The fourth-order valence-electron chi connectivity index (χ4n) is 3.92. The Labute approximate surface area is 165 Å². The second-order valence-corrected chi connectivity index (χ2v) is 7.22. The fraction of sp³-hybridized carbons (Fsp3) is 0.200. The van der Waals surface area contributed by atoms with Gasteiger partial charge in [-0.15, -0.1) is 0 Å². The van der Waals surface area contributed by atoms with Crippen molar-refractivity contribution in [3.8, 4) is 0 Å². The first-order valence-corrected chi connectivity index (χ1v) is 9.77. The number of ketones is 1. The summed E-state index contributed by atoms with van der Waals surface area (Å²) in [5.41, 5.74) is 2.91. The van der Waals surface area contributed by atoms with Crippen molar-refractivity contribution >= 4 is 11.7 Å². The van der Waals surface area contributed by atoms with E-state index >= 15 is 0 Å². The molecule has 0 radical (unpaired) electrons. The minimum Gasteiger partial charge on any atom is -0.339 e. The molecule has 0 atom stereocenters. The highest BCUT2D eigenvalue weighted by Gasteiger charge is 2.27. The van der Waals surface area contributed by atoms with E-state index in [2.05, 4.69) is 24.3 Å². The van der Waals surface area contributed by atoms with Crippen LogP contribution in [0.15, 0.2) is 84.9 Å². The lowest BCUT2D eigenvalue weighted by Crippen LogP contribution is -2.38. The van der Waals surface area contributed by atoms with Crippen LogP contribution in [0.1, 0.15) is 50.6 Å². The molecule has 0 saturated carbocycles. The number of nitrogens with zero attached hydrogens (tertiary/aromatic N) is 1. The molecule has 28 heavy (non-hydrogen) atoms. The molecule has 1 amide bonds. The molecule has 1 heterocycles. The van der Waals surface area contributed by atoms with Crippen molar-refractivity contribution in [1.82, 2.24) is 4.90 Å². The summed E-state index contributed by atoms with van der Waals surface area (Å²) in [6, 6.07) is 26.8. The van der Waals surface area contributed by atoms with Crippen LogP contribution in [0, 0.1) is 0 Å². The summed E-state index contributed by atoms with van der Waals surface area (Å²) < 4.78 is 0. The van der Waals surface area contributed by atoms with Gasteiger partial charge in [-0.3, -0.25) is 9.59 Å². The minimum atomic E-state index is -0.108. The number of piperidine rings is 1. The van der Waals surface area contributed by atoms with E-state index in [1.165, 1.54) is 5.56 Å². The Morgan fingerprint density at radius 3 is 1.86 bits per heavy atom. The van der Waals surface area contributed by atoms with Gasteiger partial charge in [0.15, 0.2) is 5.78 Å². The van der Waals surface area contributed by atoms with E-state index in [9.17, 15) is 9.59 Å². The molecule has 0 N–H and O–H groups in total. The highest BCUT2D eigenvalue weighted by Crippen LogP contribution is 2.29. The van der Waals surface area contributed by atoms with Crippen LogP contribution in [0.3, 0.4) is 0 Å². The molecule has 1 saturated heterocycles. The average molecular weight is 369 g/mol. The lowest BCUT2D eigenvalue weighted by molar-refractivity contribution is 0.0709. The lowest BCUT2D eigenvalue weighted by Gasteiger charge is -2.32. The number of carbonyl (C=O) groups excluding carboxylic acids is 2. The first-order valence-electron chi connectivity index (χ1n) is 9.77. The maximum absolute atomic E-state index is 13.2. The zero-order valence-electron chi connectivity index (χ0n) is 15.8. The van der Waals surface area contributed by atoms with Crippen LogP contribution in [-0.4, -0.2) is 29.7 Å². The Balaban J connectivity index is 1.51. The number of amides is 1. The maximum atomic E-state index is 13.2. The molecule has 4 rings (SSSR count). The summed E-state index contributed by atoms with van der Waals surface area (Å²) in [7, 11) is 0. The Bertz CT molecular complexity index is 958. The molecule has 0 bridgehead atoms. The molecule has 0 unspecified atom stereocenters. The topological polar surface area (TPSA) is 37.4 Å². The predicted molar refractivity (Wildman–Crippen MR) is 111 cm³/mol. The van der Waals surface area contributed by atoms with Gasteiger partial charge >= 0.3 is 0 Å². The van der Waals surface area contributed by atoms with Crippen LogP contribution < -0.4 is 0 Å². The molecular formula is C25H23NO2. The highest BCUT2D eigenvalue weighted by molar-refractivity contribution is 6.15. The normalized spacial score (nSPS) is 14.6. The number of rotatable bonds is 4. The fourth-order valence-corrected chi connectivity index (χ4v) is 3.92. The predicted octanol–water partition coefficient (Wildman–Crippen LogP) is 4.94. The van der Waals surface area contributed by atoms with Crippen molar-refractivity contribution < 1.29 is 9.59 Å². The van der Waals surface area contributed by atoms with Crippen LogP contribution in [0.5, 0.6) is 0 Å². The summed E-state index contributed by atoms with van der Waals surface area (Å²) in [4.78, 5) is 28.0. The Morgan fingerprint density at radius 1 is 0.679 bits per heavy atom. The van der Waals surface area contributed by atoms with Gasteiger partial charge in [-0.05, 0) is 30.4 Å². The SMILES string of the molecule is O=C(c1ccccc1)c1ccccc1C(=O)N1CCC(c2ccccc2)CC1. The van der Waals surface area contributed by atoms with Gasteiger partial charge in [0.1, 0.15) is 0 Å². The van der Waals surface area contributed by atoms with Crippen LogP contribution >= 0.6 is 0 Å². The number of hydrogen-bond acceptors (Lipinski definition) is 2. The van der Waals surface area contributed by atoms with E-state index < -0.39 is 0 Å². The molecule has 140 valence electrons. The summed E-state index contributed by atoms with van der Waals surface area (Å²) in [5.74, 6) is 0.335. The summed E-state index contributed by atoms with van der Waals surface area (Å²) >= 11 is 0. The molecule has 1 aliphatic rings. The molecule has 0 aliphatic carbocycles. The molecule has 0 spiro atoms. The summed E-state index contributed by atoms with van der Waals surface area (Å²) in [6.07, 6.45) is 1.90. The summed E-state index contributed by atoms with van der Waals surface area (Å²) in [5, 5.41) is 0. The van der Waals surface area contributed by atoms with Crippen molar-refractivity contribution in [3.05, 3.63) is 107 Å². The van der Waals surface area contributed by atoms with Gasteiger partial charge in [0.05, 0.1) is 5.56 Å². The van der Waals surface area contributed by atoms with Gasteiger partial charge in [-0.25, -0.2) is 0 Å². The third-order valence-electron chi connectivity index (χ3n) is 5.49.